The largest absolute Gasteiger partial charge is 0.396 e. The van der Waals surface area contributed by atoms with E-state index in [1.165, 1.54) is 0 Å². The van der Waals surface area contributed by atoms with E-state index < -0.39 is 0 Å². The molecule has 4 nitrogen and oxygen atoms in total. The molecular formula is C14H26N2O2. The van der Waals surface area contributed by atoms with Crippen molar-refractivity contribution in [1.29, 1.82) is 0 Å². The van der Waals surface area contributed by atoms with Crippen molar-refractivity contribution in [3.8, 4) is 0 Å². The highest BCUT2D eigenvalue weighted by molar-refractivity contribution is 5.79. The Labute approximate surface area is 110 Å². The predicted octanol–water partition coefficient (Wildman–Crippen LogP) is 0.837. The average Bonchev–Trinajstić information content (AvgIpc) is 2.81. The van der Waals surface area contributed by atoms with Gasteiger partial charge in [-0.3, -0.25) is 4.79 Å². The van der Waals surface area contributed by atoms with Gasteiger partial charge in [-0.2, -0.15) is 0 Å². The zero-order chi connectivity index (χ0) is 13.3. The van der Waals surface area contributed by atoms with Crippen molar-refractivity contribution < 1.29 is 9.90 Å². The van der Waals surface area contributed by atoms with Crippen LogP contribution in [0.4, 0.5) is 0 Å². The molecule has 104 valence electrons. The van der Waals surface area contributed by atoms with Crippen molar-refractivity contribution in [2.24, 2.45) is 29.4 Å². The molecule has 0 bridgehead atoms. The van der Waals surface area contributed by atoms with Gasteiger partial charge in [0.1, 0.15) is 0 Å². The Morgan fingerprint density at radius 2 is 2.06 bits per heavy atom. The average molecular weight is 254 g/mol. The smallest absolute Gasteiger partial charge is 0.226 e. The summed E-state index contributed by atoms with van der Waals surface area (Å²) in [6, 6.07) is 0.159. The summed E-state index contributed by atoms with van der Waals surface area (Å²) in [4.78, 5) is 14.4. The highest BCUT2D eigenvalue weighted by Crippen LogP contribution is 2.34. The van der Waals surface area contributed by atoms with Gasteiger partial charge in [-0.25, -0.2) is 0 Å². The summed E-state index contributed by atoms with van der Waals surface area (Å²) >= 11 is 0. The molecule has 1 saturated heterocycles. The molecule has 1 amide bonds. The molecule has 4 heteroatoms. The number of carbonyl (C=O) groups is 1. The fourth-order valence-electron chi connectivity index (χ4n) is 3.44. The van der Waals surface area contributed by atoms with E-state index in [2.05, 4.69) is 13.8 Å². The zero-order valence-corrected chi connectivity index (χ0v) is 11.5. The number of rotatable bonds is 2. The van der Waals surface area contributed by atoms with Gasteiger partial charge in [-0.15, -0.1) is 0 Å². The molecule has 3 N–H and O–H groups in total. The molecule has 2 rings (SSSR count). The topological polar surface area (TPSA) is 66.6 Å². The lowest BCUT2D eigenvalue weighted by atomic mass is 9.72. The molecule has 1 heterocycles. The lowest BCUT2D eigenvalue weighted by Crippen LogP contribution is -2.46. The van der Waals surface area contributed by atoms with Crippen LogP contribution in [0.25, 0.3) is 0 Å². The third-order valence-electron chi connectivity index (χ3n) is 4.86. The number of nitrogens with two attached hydrogens (primary N) is 1. The molecule has 0 radical (unpaired) electrons. The van der Waals surface area contributed by atoms with Crippen LogP contribution < -0.4 is 5.73 Å². The highest BCUT2D eigenvalue weighted by atomic mass is 16.3. The number of hydrogen-bond donors (Lipinski definition) is 2. The number of amides is 1. The third-order valence-corrected chi connectivity index (χ3v) is 4.86. The van der Waals surface area contributed by atoms with E-state index in [0.29, 0.717) is 11.8 Å². The summed E-state index contributed by atoms with van der Waals surface area (Å²) in [5.41, 5.74) is 6.11. The molecule has 5 atom stereocenters. The lowest BCUT2D eigenvalue weighted by Gasteiger charge is -2.37. The van der Waals surface area contributed by atoms with Gasteiger partial charge >= 0.3 is 0 Å². The second-order valence-corrected chi connectivity index (χ2v) is 6.32. The SMILES string of the molecule is CC1CC(C)C(C(=O)N2CCC(CO)C2)CC1N. The quantitative estimate of drug-likeness (QED) is 0.767. The monoisotopic (exact) mass is 254 g/mol. The van der Waals surface area contributed by atoms with Crippen LogP contribution in [0.15, 0.2) is 0 Å². The molecule has 18 heavy (non-hydrogen) atoms. The standard InChI is InChI=1S/C14H26N2O2/c1-9-5-10(2)13(15)6-12(9)14(18)16-4-3-11(7-16)8-17/h9-13,17H,3-8,15H2,1-2H3. The Hall–Kier alpha value is -0.610. The Morgan fingerprint density at radius 1 is 1.33 bits per heavy atom. The van der Waals surface area contributed by atoms with E-state index in [1.807, 2.05) is 4.90 Å². The van der Waals surface area contributed by atoms with Crippen LogP contribution in [-0.2, 0) is 4.79 Å². The van der Waals surface area contributed by atoms with Gasteiger partial charge in [-0.05, 0) is 31.1 Å². The first-order chi connectivity index (χ1) is 8.52. The second kappa shape index (κ2) is 5.57. The molecule has 1 saturated carbocycles. The molecular weight excluding hydrogens is 228 g/mol. The first-order valence-electron chi connectivity index (χ1n) is 7.18. The molecule has 0 aromatic rings. The summed E-state index contributed by atoms with van der Waals surface area (Å²) in [6.07, 6.45) is 2.81. The molecule has 1 aliphatic heterocycles. The van der Waals surface area contributed by atoms with Gasteiger partial charge in [0, 0.05) is 37.6 Å². The van der Waals surface area contributed by atoms with E-state index in [1.54, 1.807) is 0 Å². The van der Waals surface area contributed by atoms with Crippen molar-refractivity contribution in [2.45, 2.75) is 39.2 Å². The maximum absolute atomic E-state index is 12.5. The number of likely N-dealkylation sites (tertiary alicyclic amines) is 1. The summed E-state index contributed by atoms with van der Waals surface area (Å²) in [5, 5.41) is 9.15. The summed E-state index contributed by atoms with van der Waals surface area (Å²) in [5.74, 6) is 1.59. The number of aliphatic hydroxyl groups excluding tert-OH is 1. The maximum Gasteiger partial charge on any atom is 0.226 e. The highest BCUT2D eigenvalue weighted by Gasteiger charge is 2.38. The zero-order valence-electron chi connectivity index (χ0n) is 11.5. The van der Waals surface area contributed by atoms with Gasteiger partial charge < -0.3 is 15.7 Å². The summed E-state index contributed by atoms with van der Waals surface area (Å²) in [6.45, 7) is 6.08. The number of nitrogens with zero attached hydrogens (tertiary/aromatic N) is 1. The third kappa shape index (κ3) is 2.69. The Morgan fingerprint density at radius 3 is 2.67 bits per heavy atom. The van der Waals surface area contributed by atoms with Gasteiger partial charge in [0.2, 0.25) is 5.91 Å². The number of carbonyl (C=O) groups excluding carboxylic acids is 1. The van der Waals surface area contributed by atoms with Crippen LogP contribution in [0, 0.1) is 23.7 Å². The van der Waals surface area contributed by atoms with Crippen LogP contribution in [0.5, 0.6) is 0 Å². The van der Waals surface area contributed by atoms with E-state index in [0.717, 1.165) is 32.4 Å². The van der Waals surface area contributed by atoms with E-state index in [4.69, 9.17) is 10.8 Å². The van der Waals surface area contributed by atoms with E-state index in [9.17, 15) is 4.79 Å². The minimum absolute atomic E-state index is 0.0913. The van der Waals surface area contributed by atoms with Crippen LogP contribution in [0.1, 0.15) is 33.1 Å². The van der Waals surface area contributed by atoms with Crippen LogP contribution >= 0.6 is 0 Å². The predicted molar refractivity (Wildman–Crippen MR) is 70.8 cm³/mol. The summed E-state index contributed by atoms with van der Waals surface area (Å²) < 4.78 is 0. The van der Waals surface area contributed by atoms with Crippen molar-refractivity contribution >= 4 is 5.91 Å². The Balaban J connectivity index is 1.96. The lowest BCUT2D eigenvalue weighted by molar-refractivity contribution is -0.138. The maximum atomic E-state index is 12.5. The van der Waals surface area contributed by atoms with Crippen LogP contribution in [0.2, 0.25) is 0 Å². The van der Waals surface area contributed by atoms with E-state index in [-0.39, 0.29) is 30.4 Å². The Kier molecular flexibility index (Phi) is 4.28. The van der Waals surface area contributed by atoms with Crippen molar-refractivity contribution in [3.63, 3.8) is 0 Å². The molecule has 2 aliphatic rings. The van der Waals surface area contributed by atoms with Crippen LogP contribution in [0.3, 0.4) is 0 Å². The number of hydrogen-bond acceptors (Lipinski definition) is 3. The molecule has 5 unspecified atom stereocenters. The van der Waals surface area contributed by atoms with Gasteiger partial charge in [-0.1, -0.05) is 13.8 Å². The van der Waals surface area contributed by atoms with Gasteiger partial charge in [0.05, 0.1) is 0 Å². The van der Waals surface area contributed by atoms with Crippen LogP contribution in [-0.4, -0.2) is 41.7 Å². The van der Waals surface area contributed by atoms with E-state index >= 15 is 0 Å². The molecule has 1 aliphatic carbocycles. The molecule has 0 spiro atoms. The fraction of sp³-hybridized carbons (Fsp3) is 0.929. The van der Waals surface area contributed by atoms with Gasteiger partial charge in [0.15, 0.2) is 0 Å². The number of aliphatic hydroxyl groups is 1. The fourth-order valence-corrected chi connectivity index (χ4v) is 3.44. The minimum Gasteiger partial charge on any atom is -0.396 e. The first kappa shape index (κ1) is 13.8. The minimum atomic E-state index is 0.0913. The molecule has 2 fully saturated rings. The molecule has 0 aromatic carbocycles. The van der Waals surface area contributed by atoms with Crippen molar-refractivity contribution in [1.82, 2.24) is 4.90 Å². The first-order valence-corrected chi connectivity index (χ1v) is 7.18. The van der Waals surface area contributed by atoms with Crippen molar-refractivity contribution in [2.75, 3.05) is 19.7 Å². The van der Waals surface area contributed by atoms with Gasteiger partial charge in [0.25, 0.3) is 0 Å². The molecule has 0 aromatic heterocycles. The normalized spacial score (nSPS) is 41.1. The summed E-state index contributed by atoms with van der Waals surface area (Å²) in [7, 11) is 0. The van der Waals surface area contributed by atoms with Crippen molar-refractivity contribution in [3.05, 3.63) is 0 Å². The Bertz CT molecular complexity index is 308. The second-order valence-electron chi connectivity index (χ2n) is 6.32.